The van der Waals surface area contributed by atoms with Gasteiger partial charge in [-0.05, 0) is 29.8 Å². The lowest BCUT2D eigenvalue weighted by atomic mass is 9.97. The maximum absolute atomic E-state index is 11.0. The van der Waals surface area contributed by atoms with Gasteiger partial charge in [0.25, 0.3) is 0 Å². The van der Waals surface area contributed by atoms with Crippen molar-refractivity contribution in [2.24, 2.45) is 0 Å². The molecule has 25 heavy (non-hydrogen) atoms. The highest BCUT2D eigenvalue weighted by Crippen LogP contribution is 2.36. The largest absolute Gasteiger partial charge is 0.493 e. The van der Waals surface area contributed by atoms with Crippen LogP contribution in [0.2, 0.25) is 0 Å². The standard InChI is InChI=1S/C19H20BrNO4/c1-12(22)24-15-6-4-13(5-7-15)8-17-16-10-19(25-20)18(23-3)9-14(16)11-21(17)2/h4-7,9-10,17H,8,11H2,1-3H3/p+1/t17-/m1/s1. The number of rotatable bonds is 5. The Morgan fingerprint density at radius 1 is 1.24 bits per heavy atom. The highest BCUT2D eigenvalue weighted by atomic mass is 79.9. The Morgan fingerprint density at radius 2 is 1.96 bits per heavy atom. The van der Waals surface area contributed by atoms with Crippen molar-refractivity contribution in [2.75, 3.05) is 14.2 Å². The monoisotopic (exact) mass is 406 g/mol. The van der Waals surface area contributed by atoms with Crippen LogP contribution >= 0.6 is 16.3 Å². The van der Waals surface area contributed by atoms with Crippen molar-refractivity contribution in [1.82, 2.24) is 0 Å². The van der Waals surface area contributed by atoms with E-state index in [0.717, 1.165) is 18.7 Å². The second-order valence-corrected chi connectivity index (χ2v) is 6.62. The molecule has 0 amide bonds. The predicted molar refractivity (Wildman–Crippen MR) is 97.3 cm³/mol. The summed E-state index contributed by atoms with van der Waals surface area (Å²) in [6.45, 7) is 2.35. The van der Waals surface area contributed by atoms with Crippen LogP contribution in [0.5, 0.6) is 17.2 Å². The summed E-state index contributed by atoms with van der Waals surface area (Å²) in [7, 11) is 3.84. The first-order valence-electron chi connectivity index (χ1n) is 8.11. The summed E-state index contributed by atoms with van der Waals surface area (Å²) in [6, 6.07) is 12.1. The zero-order valence-electron chi connectivity index (χ0n) is 14.5. The van der Waals surface area contributed by atoms with Crippen LogP contribution in [0.1, 0.15) is 29.7 Å². The summed E-state index contributed by atoms with van der Waals surface area (Å²) in [5.41, 5.74) is 3.76. The van der Waals surface area contributed by atoms with Gasteiger partial charge in [0.1, 0.15) is 18.3 Å². The molecule has 0 saturated carbocycles. The minimum Gasteiger partial charge on any atom is -0.493 e. The SMILES string of the molecule is COc1cc2c(cc1OBr)[C@@H](Cc1ccc(OC(C)=O)cc1)[NH+](C)C2. The Bertz CT molecular complexity index is 776. The third-order valence-corrected chi connectivity index (χ3v) is 4.92. The molecule has 0 bridgehead atoms. The van der Waals surface area contributed by atoms with E-state index in [4.69, 9.17) is 13.3 Å². The molecule has 0 aliphatic carbocycles. The molecule has 5 nitrogen and oxygen atoms in total. The Kier molecular flexibility index (Phi) is 5.30. The van der Waals surface area contributed by atoms with Gasteiger partial charge in [0.2, 0.25) is 0 Å². The van der Waals surface area contributed by atoms with Crippen LogP contribution in [0.4, 0.5) is 0 Å². The van der Waals surface area contributed by atoms with Crippen LogP contribution in [-0.4, -0.2) is 20.1 Å². The average molecular weight is 407 g/mol. The maximum atomic E-state index is 11.0. The quantitative estimate of drug-likeness (QED) is 0.612. The lowest BCUT2D eigenvalue weighted by Gasteiger charge is -2.18. The van der Waals surface area contributed by atoms with Gasteiger partial charge in [-0.25, -0.2) is 0 Å². The number of fused-ring (bicyclic) bond motifs is 1. The molecule has 3 rings (SSSR count). The van der Waals surface area contributed by atoms with E-state index in [-0.39, 0.29) is 5.97 Å². The topological polar surface area (TPSA) is 49.2 Å². The van der Waals surface area contributed by atoms with Crippen LogP contribution < -0.4 is 18.2 Å². The Labute approximate surface area is 155 Å². The van der Waals surface area contributed by atoms with Gasteiger partial charge >= 0.3 is 5.97 Å². The summed E-state index contributed by atoms with van der Waals surface area (Å²) in [5, 5.41) is 0. The van der Waals surface area contributed by atoms with Crippen LogP contribution in [-0.2, 0) is 17.8 Å². The van der Waals surface area contributed by atoms with Gasteiger partial charge < -0.3 is 18.2 Å². The third-order valence-electron chi connectivity index (χ3n) is 4.57. The van der Waals surface area contributed by atoms with E-state index < -0.39 is 0 Å². The van der Waals surface area contributed by atoms with E-state index in [9.17, 15) is 4.79 Å². The van der Waals surface area contributed by atoms with E-state index in [1.54, 1.807) is 7.11 Å². The van der Waals surface area contributed by atoms with Gasteiger partial charge in [0.05, 0.1) is 14.2 Å². The molecule has 0 saturated heterocycles. The first-order chi connectivity index (χ1) is 12.0. The van der Waals surface area contributed by atoms with Crippen LogP contribution in [0, 0.1) is 0 Å². The highest BCUT2D eigenvalue weighted by molar-refractivity contribution is 9.06. The molecule has 2 atom stereocenters. The number of nitrogens with one attached hydrogen (secondary N) is 1. The molecule has 2 aromatic carbocycles. The number of halogens is 1. The first kappa shape index (κ1) is 17.8. The Balaban J connectivity index is 1.83. The van der Waals surface area contributed by atoms with Crippen molar-refractivity contribution in [3.63, 3.8) is 0 Å². The number of methoxy groups -OCH3 is 1. The number of hydrogen-bond acceptors (Lipinski definition) is 4. The van der Waals surface area contributed by atoms with Gasteiger partial charge in [0.15, 0.2) is 27.8 Å². The number of hydrogen-bond donors (Lipinski definition) is 1. The number of esters is 1. The molecule has 0 fully saturated rings. The van der Waals surface area contributed by atoms with Crippen LogP contribution in [0.3, 0.4) is 0 Å². The fourth-order valence-corrected chi connectivity index (χ4v) is 3.64. The number of ether oxygens (including phenoxy) is 2. The fraction of sp³-hybridized carbons (Fsp3) is 0.316. The number of likely N-dealkylation sites (N-methyl/N-ethyl adjacent to an activating group) is 1. The van der Waals surface area contributed by atoms with E-state index in [1.807, 2.05) is 24.3 Å². The normalized spacial score (nSPS) is 18.6. The Hall–Kier alpha value is -2.05. The minimum atomic E-state index is -0.308. The molecule has 132 valence electrons. The summed E-state index contributed by atoms with van der Waals surface area (Å²) in [5.74, 6) is 1.68. The number of benzene rings is 2. The smallest absolute Gasteiger partial charge is 0.308 e. The number of carbonyl (C=O) groups excluding carboxylic acids is 1. The zero-order valence-corrected chi connectivity index (χ0v) is 16.1. The summed E-state index contributed by atoms with van der Waals surface area (Å²) in [4.78, 5) is 12.4. The highest BCUT2D eigenvalue weighted by Gasteiger charge is 2.33. The summed E-state index contributed by atoms with van der Waals surface area (Å²) < 4.78 is 15.8. The Morgan fingerprint density at radius 3 is 2.56 bits per heavy atom. The molecule has 2 aromatic rings. The van der Waals surface area contributed by atoms with Gasteiger partial charge in [0, 0.05) is 24.5 Å². The van der Waals surface area contributed by atoms with Crippen LogP contribution in [0.15, 0.2) is 36.4 Å². The lowest BCUT2D eigenvalue weighted by Crippen LogP contribution is -3.06. The molecule has 1 unspecified atom stereocenters. The van der Waals surface area contributed by atoms with Crippen molar-refractivity contribution in [3.05, 3.63) is 53.1 Å². The summed E-state index contributed by atoms with van der Waals surface area (Å²) in [6.07, 6.45) is 0.896. The van der Waals surface area contributed by atoms with Crippen molar-refractivity contribution >= 4 is 22.2 Å². The molecule has 0 aromatic heterocycles. The molecule has 1 aliphatic heterocycles. The molecular weight excluding hydrogens is 386 g/mol. The van der Waals surface area contributed by atoms with Crippen molar-refractivity contribution < 1.29 is 23.0 Å². The van der Waals surface area contributed by atoms with Crippen molar-refractivity contribution in [2.45, 2.75) is 25.9 Å². The molecule has 0 spiro atoms. The summed E-state index contributed by atoms with van der Waals surface area (Å²) >= 11 is 3.06. The predicted octanol–water partition coefficient (Wildman–Crippen LogP) is 2.62. The fourth-order valence-electron chi connectivity index (χ4n) is 3.38. The van der Waals surface area contributed by atoms with E-state index >= 15 is 0 Å². The first-order valence-corrected chi connectivity index (χ1v) is 8.75. The molecule has 1 N–H and O–H groups in total. The average Bonchev–Trinajstić information content (AvgIpc) is 2.89. The molecule has 1 aliphatic rings. The molecule has 0 radical (unpaired) electrons. The number of carbonyl (C=O) groups is 1. The van der Waals surface area contributed by atoms with Crippen molar-refractivity contribution in [1.29, 1.82) is 0 Å². The maximum Gasteiger partial charge on any atom is 0.308 e. The van der Waals surface area contributed by atoms with Gasteiger partial charge in [-0.1, -0.05) is 12.1 Å². The van der Waals surface area contributed by atoms with Crippen LogP contribution in [0.25, 0.3) is 0 Å². The third kappa shape index (κ3) is 3.80. The zero-order chi connectivity index (χ0) is 18.0. The second kappa shape index (κ2) is 7.45. The second-order valence-electron chi connectivity index (χ2n) is 6.30. The van der Waals surface area contributed by atoms with E-state index in [2.05, 4.69) is 35.4 Å². The molecule has 6 heteroatoms. The van der Waals surface area contributed by atoms with E-state index in [0.29, 0.717) is 17.5 Å². The molecular formula is C19H21BrNO4+. The van der Waals surface area contributed by atoms with Gasteiger partial charge in [-0.2, -0.15) is 0 Å². The minimum absolute atomic E-state index is 0.308. The number of quaternary nitrogens is 1. The lowest BCUT2D eigenvalue weighted by molar-refractivity contribution is -0.918. The van der Waals surface area contributed by atoms with Crippen molar-refractivity contribution in [3.8, 4) is 17.2 Å². The van der Waals surface area contributed by atoms with Gasteiger partial charge in [-0.15, -0.1) is 0 Å². The van der Waals surface area contributed by atoms with Gasteiger partial charge in [-0.3, -0.25) is 4.79 Å². The molecule has 1 heterocycles. The van der Waals surface area contributed by atoms with E-state index in [1.165, 1.54) is 28.5 Å².